The Morgan fingerprint density at radius 2 is 1.69 bits per heavy atom. The molecule has 29 heavy (non-hydrogen) atoms. The summed E-state index contributed by atoms with van der Waals surface area (Å²) in [4.78, 5) is 13.4. The van der Waals surface area contributed by atoms with Crippen LogP contribution in [-0.4, -0.2) is 60.2 Å². The number of nitrogens with zero attached hydrogens (tertiary/aromatic N) is 4. The molecule has 1 aromatic heterocycles. The van der Waals surface area contributed by atoms with E-state index >= 15 is 0 Å². The second-order valence-corrected chi connectivity index (χ2v) is 8.43. The standard InChI is InChI=1S/C21H28ClFN6/c1-28-8-4-15(5-9-28)26-16-6-10-29(11-7-16)21-13-20(24-14-25-21)27-17-2-3-19(23)18(22)12-17/h2-3,12-16,26H,4-11H2,1H3,(H,24,25,27). The Kier molecular flexibility index (Phi) is 6.47. The van der Waals surface area contributed by atoms with Gasteiger partial charge in [-0.1, -0.05) is 11.6 Å². The van der Waals surface area contributed by atoms with E-state index in [0.29, 0.717) is 23.6 Å². The van der Waals surface area contributed by atoms with Crippen LogP contribution in [0.2, 0.25) is 5.02 Å². The lowest BCUT2D eigenvalue weighted by Gasteiger charge is -2.37. The maximum Gasteiger partial charge on any atom is 0.141 e. The maximum atomic E-state index is 13.3. The molecule has 2 fully saturated rings. The summed E-state index contributed by atoms with van der Waals surface area (Å²) < 4.78 is 13.3. The molecular weight excluding hydrogens is 391 g/mol. The zero-order valence-corrected chi connectivity index (χ0v) is 17.5. The molecule has 1 aromatic carbocycles. The van der Waals surface area contributed by atoms with Crippen LogP contribution in [0.3, 0.4) is 0 Å². The monoisotopic (exact) mass is 418 g/mol. The Balaban J connectivity index is 1.31. The molecule has 6 nitrogen and oxygen atoms in total. The molecule has 0 radical (unpaired) electrons. The summed E-state index contributed by atoms with van der Waals surface area (Å²) in [5.41, 5.74) is 0.696. The maximum absolute atomic E-state index is 13.3. The zero-order valence-electron chi connectivity index (χ0n) is 16.7. The van der Waals surface area contributed by atoms with E-state index in [2.05, 4.69) is 37.4 Å². The number of anilines is 3. The van der Waals surface area contributed by atoms with Crippen molar-refractivity contribution in [3.63, 3.8) is 0 Å². The van der Waals surface area contributed by atoms with Gasteiger partial charge in [-0.25, -0.2) is 14.4 Å². The fourth-order valence-corrected chi connectivity index (χ4v) is 4.27. The van der Waals surface area contributed by atoms with Gasteiger partial charge < -0.3 is 20.4 Å². The first-order chi connectivity index (χ1) is 14.1. The van der Waals surface area contributed by atoms with Crippen molar-refractivity contribution in [2.24, 2.45) is 0 Å². The van der Waals surface area contributed by atoms with Crippen molar-refractivity contribution >= 4 is 28.9 Å². The van der Waals surface area contributed by atoms with Crippen LogP contribution in [0.25, 0.3) is 0 Å². The van der Waals surface area contributed by atoms with Gasteiger partial charge in [-0.05, 0) is 64.0 Å². The predicted molar refractivity (Wildman–Crippen MR) is 116 cm³/mol. The first kappa shape index (κ1) is 20.3. The van der Waals surface area contributed by atoms with Crippen LogP contribution in [0, 0.1) is 5.82 Å². The van der Waals surface area contributed by atoms with Crippen molar-refractivity contribution in [1.82, 2.24) is 20.2 Å². The Hall–Kier alpha value is -1.96. The topological polar surface area (TPSA) is 56.3 Å². The van der Waals surface area contributed by atoms with E-state index < -0.39 is 5.82 Å². The van der Waals surface area contributed by atoms with Crippen LogP contribution in [-0.2, 0) is 0 Å². The van der Waals surface area contributed by atoms with E-state index in [1.54, 1.807) is 18.5 Å². The van der Waals surface area contributed by atoms with E-state index in [1.165, 1.54) is 32.0 Å². The van der Waals surface area contributed by atoms with Crippen LogP contribution in [0.15, 0.2) is 30.6 Å². The van der Waals surface area contributed by atoms with Crippen molar-refractivity contribution in [3.05, 3.63) is 41.4 Å². The van der Waals surface area contributed by atoms with Gasteiger partial charge in [0.05, 0.1) is 5.02 Å². The van der Waals surface area contributed by atoms with Crippen molar-refractivity contribution in [2.45, 2.75) is 37.8 Å². The van der Waals surface area contributed by atoms with Crippen molar-refractivity contribution in [2.75, 3.05) is 43.4 Å². The first-order valence-corrected chi connectivity index (χ1v) is 10.7. The number of benzene rings is 1. The summed E-state index contributed by atoms with van der Waals surface area (Å²) in [7, 11) is 2.20. The Morgan fingerprint density at radius 1 is 1.00 bits per heavy atom. The van der Waals surface area contributed by atoms with E-state index in [0.717, 1.165) is 31.7 Å². The lowest BCUT2D eigenvalue weighted by Crippen LogP contribution is -2.49. The smallest absolute Gasteiger partial charge is 0.141 e. The molecule has 8 heteroatoms. The number of likely N-dealkylation sites (tertiary alicyclic amines) is 1. The van der Waals surface area contributed by atoms with Crippen molar-refractivity contribution in [3.8, 4) is 0 Å². The third-order valence-electron chi connectivity index (χ3n) is 5.85. The van der Waals surface area contributed by atoms with Gasteiger partial charge in [0, 0.05) is 36.9 Å². The van der Waals surface area contributed by atoms with Gasteiger partial charge in [0.25, 0.3) is 0 Å². The van der Waals surface area contributed by atoms with Crippen LogP contribution in [0.4, 0.5) is 21.7 Å². The number of hydrogen-bond acceptors (Lipinski definition) is 6. The van der Waals surface area contributed by atoms with Crippen LogP contribution < -0.4 is 15.5 Å². The minimum Gasteiger partial charge on any atom is -0.356 e. The highest BCUT2D eigenvalue weighted by Crippen LogP contribution is 2.25. The molecule has 2 aromatic rings. The molecule has 3 heterocycles. The summed E-state index contributed by atoms with van der Waals surface area (Å²) in [5.74, 6) is 1.15. The highest BCUT2D eigenvalue weighted by Gasteiger charge is 2.24. The average Bonchev–Trinajstić information content (AvgIpc) is 2.73. The lowest BCUT2D eigenvalue weighted by molar-refractivity contribution is 0.217. The second kappa shape index (κ2) is 9.24. The third-order valence-corrected chi connectivity index (χ3v) is 6.14. The number of rotatable bonds is 5. The lowest BCUT2D eigenvalue weighted by atomic mass is 10.00. The highest BCUT2D eigenvalue weighted by atomic mass is 35.5. The molecule has 0 bridgehead atoms. The second-order valence-electron chi connectivity index (χ2n) is 8.02. The molecule has 156 valence electrons. The largest absolute Gasteiger partial charge is 0.356 e. The predicted octanol–water partition coefficient (Wildman–Crippen LogP) is 3.67. The van der Waals surface area contributed by atoms with Gasteiger partial charge in [-0.15, -0.1) is 0 Å². The molecule has 2 N–H and O–H groups in total. The summed E-state index contributed by atoms with van der Waals surface area (Å²) in [6, 6.07) is 7.71. The minimum absolute atomic E-state index is 0.0865. The summed E-state index contributed by atoms with van der Waals surface area (Å²) in [6.45, 7) is 4.32. The van der Waals surface area contributed by atoms with Gasteiger partial charge in [0.15, 0.2) is 0 Å². The number of aromatic nitrogens is 2. The molecule has 2 aliphatic rings. The number of hydrogen-bond donors (Lipinski definition) is 2. The number of halogens is 2. The fraction of sp³-hybridized carbons (Fsp3) is 0.524. The van der Waals surface area contributed by atoms with Crippen LogP contribution in [0.1, 0.15) is 25.7 Å². The number of piperidine rings is 2. The van der Waals surface area contributed by atoms with Gasteiger partial charge in [0.2, 0.25) is 0 Å². The Bertz CT molecular complexity index is 819. The van der Waals surface area contributed by atoms with Gasteiger partial charge in [-0.3, -0.25) is 0 Å². The zero-order chi connectivity index (χ0) is 20.2. The van der Waals surface area contributed by atoms with Gasteiger partial charge in [-0.2, -0.15) is 0 Å². The van der Waals surface area contributed by atoms with E-state index in [9.17, 15) is 4.39 Å². The molecule has 0 saturated carbocycles. The number of nitrogens with one attached hydrogen (secondary N) is 2. The van der Waals surface area contributed by atoms with Crippen molar-refractivity contribution in [1.29, 1.82) is 0 Å². The molecule has 0 spiro atoms. The Morgan fingerprint density at radius 3 is 2.38 bits per heavy atom. The highest BCUT2D eigenvalue weighted by molar-refractivity contribution is 6.31. The van der Waals surface area contributed by atoms with E-state index in [1.807, 2.05) is 6.07 Å². The molecule has 0 atom stereocenters. The van der Waals surface area contributed by atoms with Crippen LogP contribution in [0.5, 0.6) is 0 Å². The summed E-state index contributed by atoms with van der Waals surface area (Å²) in [5, 5.41) is 7.12. The Labute approximate surface area is 176 Å². The normalized spacial score (nSPS) is 19.5. The van der Waals surface area contributed by atoms with Gasteiger partial charge in [0.1, 0.15) is 23.8 Å². The molecule has 4 rings (SSSR count). The fourth-order valence-electron chi connectivity index (χ4n) is 4.09. The molecule has 0 aliphatic carbocycles. The minimum atomic E-state index is -0.433. The summed E-state index contributed by atoms with van der Waals surface area (Å²) >= 11 is 5.86. The molecule has 2 aliphatic heterocycles. The summed E-state index contributed by atoms with van der Waals surface area (Å²) in [6.07, 6.45) is 6.28. The molecule has 0 amide bonds. The molecule has 0 unspecified atom stereocenters. The molecular formula is C21H28ClFN6. The van der Waals surface area contributed by atoms with Crippen molar-refractivity contribution < 1.29 is 4.39 Å². The quantitative estimate of drug-likeness (QED) is 0.772. The average molecular weight is 419 g/mol. The third kappa shape index (κ3) is 5.35. The van der Waals surface area contributed by atoms with E-state index in [-0.39, 0.29) is 5.02 Å². The molecule has 2 saturated heterocycles. The SMILES string of the molecule is CN1CCC(NC2CCN(c3cc(Nc4ccc(F)c(Cl)c4)ncn3)CC2)CC1. The van der Waals surface area contributed by atoms with Gasteiger partial charge >= 0.3 is 0 Å². The van der Waals surface area contributed by atoms with E-state index in [4.69, 9.17) is 11.6 Å². The van der Waals surface area contributed by atoms with Crippen LogP contribution >= 0.6 is 11.6 Å². The first-order valence-electron chi connectivity index (χ1n) is 10.3.